The van der Waals surface area contributed by atoms with E-state index in [2.05, 4.69) is 29.8 Å². The van der Waals surface area contributed by atoms with Gasteiger partial charge < -0.3 is 20.9 Å². The minimum Gasteiger partial charge on any atom is -0.382 e. The first-order valence-electron chi connectivity index (χ1n) is 9.25. The highest BCUT2D eigenvalue weighted by atomic mass is 31.0. The normalized spacial score (nSPS) is 11.9. The third-order valence-electron chi connectivity index (χ3n) is 4.28. The molecular weight excluding hydrogens is 371 g/mol. The summed E-state index contributed by atoms with van der Waals surface area (Å²) in [5, 5.41) is 6.77. The van der Waals surface area contributed by atoms with Crippen molar-refractivity contribution in [1.29, 1.82) is 0 Å². The van der Waals surface area contributed by atoms with E-state index in [4.69, 9.17) is 5.73 Å². The number of aromatic nitrogens is 2. The molecule has 0 aromatic carbocycles. The number of aryl methyl sites for hydroxylation is 1. The molecule has 28 heavy (non-hydrogen) atoms. The van der Waals surface area contributed by atoms with Crippen LogP contribution in [0.25, 0.3) is 5.57 Å². The average molecular weight is 400 g/mol. The summed E-state index contributed by atoms with van der Waals surface area (Å²) < 4.78 is 1.61. The van der Waals surface area contributed by atoms with Crippen molar-refractivity contribution in [3.63, 3.8) is 0 Å². The van der Waals surface area contributed by atoms with Gasteiger partial charge in [-0.2, -0.15) is 0 Å². The lowest BCUT2D eigenvalue weighted by Gasteiger charge is -2.11. The lowest BCUT2D eigenvalue weighted by molar-refractivity contribution is 0.657. The van der Waals surface area contributed by atoms with Gasteiger partial charge in [0.2, 0.25) is 5.56 Å². The van der Waals surface area contributed by atoms with Crippen molar-refractivity contribution in [3.8, 4) is 0 Å². The number of nitrogens with two attached hydrogens (primary N) is 1. The zero-order chi connectivity index (χ0) is 20.4. The number of anilines is 2. The fourth-order valence-electron chi connectivity index (χ4n) is 2.72. The minimum absolute atomic E-state index is 0.0166. The van der Waals surface area contributed by atoms with E-state index in [1.165, 1.54) is 0 Å². The van der Waals surface area contributed by atoms with Crippen molar-refractivity contribution in [1.82, 2.24) is 14.9 Å². The first-order chi connectivity index (χ1) is 13.5. The molecule has 2 rings (SSSR count). The second kappa shape index (κ2) is 11.4. The van der Waals surface area contributed by atoms with Crippen molar-refractivity contribution in [2.24, 2.45) is 12.0 Å². The third kappa shape index (κ3) is 6.59. The van der Waals surface area contributed by atoms with Crippen molar-refractivity contribution >= 4 is 32.5 Å². The third-order valence-corrected chi connectivity index (χ3v) is 4.64. The molecule has 2 heterocycles. The van der Waals surface area contributed by atoms with Gasteiger partial charge in [-0.15, -0.1) is 9.24 Å². The summed E-state index contributed by atoms with van der Waals surface area (Å²) in [5.41, 5.74) is 9.92. The molecule has 0 aliphatic rings. The molecule has 2 aromatic rings. The molecule has 0 bridgehead atoms. The first-order valence-corrected chi connectivity index (χ1v) is 9.92. The smallest absolute Gasteiger partial charge is 0.250 e. The number of rotatable bonds is 10. The maximum atomic E-state index is 11.4. The second-order valence-electron chi connectivity index (χ2n) is 6.43. The molecule has 8 heteroatoms. The predicted octanol–water partition coefficient (Wildman–Crippen LogP) is 1.91. The number of allylic oxidation sites excluding steroid dienone is 1. The summed E-state index contributed by atoms with van der Waals surface area (Å²) in [6.07, 6.45) is 7.27. The van der Waals surface area contributed by atoms with Crippen LogP contribution in [0.5, 0.6) is 0 Å². The Morgan fingerprint density at radius 2 is 2.18 bits per heavy atom. The van der Waals surface area contributed by atoms with E-state index in [9.17, 15) is 4.79 Å². The quantitative estimate of drug-likeness (QED) is 0.322. The Morgan fingerprint density at radius 3 is 2.89 bits per heavy atom. The molecular formula is C20H29N6OP. The minimum atomic E-state index is 0.0166. The zero-order valence-electron chi connectivity index (χ0n) is 16.5. The fourth-order valence-corrected chi connectivity index (χ4v) is 3.00. The van der Waals surface area contributed by atoms with Crippen LogP contribution in [0.3, 0.4) is 0 Å². The number of nitrogens with one attached hydrogen (secondary N) is 2. The van der Waals surface area contributed by atoms with Crippen molar-refractivity contribution in [2.75, 3.05) is 37.7 Å². The number of nitrogens with zero attached hydrogens (tertiary/aromatic N) is 3. The van der Waals surface area contributed by atoms with Crippen molar-refractivity contribution in [2.45, 2.75) is 12.8 Å². The lowest BCUT2D eigenvalue weighted by atomic mass is 10.1. The molecule has 1 atom stereocenters. The molecule has 0 aliphatic carbocycles. The first kappa shape index (κ1) is 21.8. The number of aliphatic imine (C=N–C) groups is 1. The maximum absolute atomic E-state index is 11.4. The van der Waals surface area contributed by atoms with E-state index in [0.29, 0.717) is 5.82 Å². The number of hydrogen-bond acceptors (Lipinski definition) is 6. The number of hydrogen-bond donors (Lipinski definition) is 3. The SMILES string of the molecule is CN=C/C(=C\P)c1cnc(N)c(NCCCNCCc2ccc(=O)n(C)c2)c1. The Bertz CT molecular complexity index is 891. The molecule has 0 amide bonds. The standard InChI is InChI=1S/C20H29N6OP/c1-22-11-17(14-28)16-10-18(20(21)25-12-16)24-8-3-7-23-9-6-15-4-5-19(27)26(2)13-15/h4-5,10-14,23-24H,3,6-9,28H2,1-2H3,(H2,21,25)/b17-14+,22-11?. The summed E-state index contributed by atoms with van der Waals surface area (Å²) in [6.45, 7) is 2.56. The molecule has 0 saturated carbocycles. The molecule has 0 fully saturated rings. The molecule has 4 N–H and O–H groups in total. The van der Waals surface area contributed by atoms with Crippen LogP contribution < -0.4 is 21.9 Å². The molecule has 0 aliphatic heterocycles. The van der Waals surface area contributed by atoms with Crippen LogP contribution in [0.1, 0.15) is 17.5 Å². The van der Waals surface area contributed by atoms with Gasteiger partial charge in [0.05, 0.1) is 5.69 Å². The van der Waals surface area contributed by atoms with Gasteiger partial charge in [-0.1, -0.05) is 11.9 Å². The van der Waals surface area contributed by atoms with Gasteiger partial charge in [-0.25, -0.2) is 4.98 Å². The maximum Gasteiger partial charge on any atom is 0.250 e. The largest absolute Gasteiger partial charge is 0.382 e. The monoisotopic (exact) mass is 400 g/mol. The Kier molecular flexibility index (Phi) is 8.85. The molecule has 0 saturated heterocycles. The highest BCUT2D eigenvalue weighted by Crippen LogP contribution is 2.22. The van der Waals surface area contributed by atoms with Gasteiger partial charge in [0.25, 0.3) is 0 Å². The van der Waals surface area contributed by atoms with E-state index < -0.39 is 0 Å². The Balaban J connectivity index is 1.74. The molecule has 150 valence electrons. The highest BCUT2D eigenvalue weighted by Gasteiger charge is 2.05. The Labute approximate surface area is 168 Å². The van der Waals surface area contributed by atoms with Gasteiger partial charge in [-0.3, -0.25) is 9.79 Å². The van der Waals surface area contributed by atoms with E-state index in [0.717, 1.165) is 54.9 Å². The van der Waals surface area contributed by atoms with Gasteiger partial charge in [0.1, 0.15) is 5.82 Å². The summed E-state index contributed by atoms with van der Waals surface area (Å²) >= 11 is 0. The zero-order valence-corrected chi connectivity index (χ0v) is 17.6. The van der Waals surface area contributed by atoms with Crippen LogP contribution in [-0.2, 0) is 13.5 Å². The summed E-state index contributed by atoms with van der Waals surface area (Å²) in [4.78, 5) is 19.7. The predicted molar refractivity (Wildman–Crippen MR) is 122 cm³/mol. The Morgan fingerprint density at radius 1 is 1.36 bits per heavy atom. The van der Waals surface area contributed by atoms with Crippen LogP contribution in [0.2, 0.25) is 0 Å². The van der Waals surface area contributed by atoms with Gasteiger partial charge in [0, 0.05) is 56.5 Å². The van der Waals surface area contributed by atoms with Crippen LogP contribution in [0.4, 0.5) is 11.5 Å². The van der Waals surface area contributed by atoms with Crippen LogP contribution in [0.15, 0.2) is 46.2 Å². The van der Waals surface area contributed by atoms with Gasteiger partial charge >= 0.3 is 0 Å². The second-order valence-corrected chi connectivity index (χ2v) is 6.77. The van der Waals surface area contributed by atoms with Crippen molar-refractivity contribution < 1.29 is 0 Å². The van der Waals surface area contributed by atoms with E-state index in [1.807, 2.05) is 24.1 Å². The van der Waals surface area contributed by atoms with Crippen LogP contribution >= 0.6 is 9.24 Å². The highest BCUT2D eigenvalue weighted by molar-refractivity contribution is 7.21. The van der Waals surface area contributed by atoms with E-state index >= 15 is 0 Å². The van der Waals surface area contributed by atoms with Gasteiger partial charge in [0.15, 0.2) is 0 Å². The molecule has 7 nitrogen and oxygen atoms in total. The van der Waals surface area contributed by atoms with E-state index in [1.54, 1.807) is 37.1 Å². The lowest BCUT2D eigenvalue weighted by Crippen LogP contribution is -2.22. The number of nitrogen functional groups attached to an aromatic ring is 1. The topological polar surface area (TPSA) is 97.3 Å². The Hall–Kier alpha value is -2.50. The van der Waals surface area contributed by atoms with Gasteiger partial charge in [-0.05, 0) is 37.6 Å². The number of pyridine rings is 2. The van der Waals surface area contributed by atoms with Crippen LogP contribution in [0, 0.1) is 0 Å². The van der Waals surface area contributed by atoms with Crippen molar-refractivity contribution in [3.05, 3.63) is 57.9 Å². The summed E-state index contributed by atoms with van der Waals surface area (Å²) in [7, 11) is 6.10. The molecule has 1 unspecified atom stereocenters. The molecule has 0 spiro atoms. The summed E-state index contributed by atoms with van der Waals surface area (Å²) in [5.74, 6) is 2.40. The average Bonchev–Trinajstić information content (AvgIpc) is 2.69. The summed E-state index contributed by atoms with van der Waals surface area (Å²) in [6, 6.07) is 5.48. The van der Waals surface area contributed by atoms with Crippen LogP contribution in [-0.4, -0.2) is 42.4 Å². The molecule has 2 aromatic heterocycles. The molecule has 0 radical (unpaired) electrons. The fraction of sp³-hybridized carbons (Fsp3) is 0.350. The van der Waals surface area contributed by atoms with E-state index in [-0.39, 0.29) is 5.56 Å².